The van der Waals surface area contributed by atoms with E-state index in [1.165, 1.54) is 0 Å². The average molecular weight is 304 g/mol. The molecule has 0 aliphatic carbocycles. The summed E-state index contributed by atoms with van der Waals surface area (Å²) < 4.78 is -1.55. The number of carbonyl (C=O) groups is 1. The molecule has 6 heteroatoms. The summed E-state index contributed by atoms with van der Waals surface area (Å²) in [5.41, 5.74) is -0.513. The lowest BCUT2D eigenvalue weighted by atomic mass is 9.95. The number of nitrogens with one attached hydrogen (secondary N) is 1. The van der Waals surface area contributed by atoms with Crippen molar-refractivity contribution in [1.29, 1.82) is 0 Å². The van der Waals surface area contributed by atoms with Gasteiger partial charge in [0.2, 0.25) is 9.70 Å². The molecule has 0 bridgehead atoms. The van der Waals surface area contributed by atoms with Crippen molar-refractivity contribution >= 4 is 40.7 Å². The first kappa shape index (κ1) is 17.3. The molecule has 102 valence electrons. The van der Waals surface area contributed by atoms with Crippen LogP contribution in [0.4, 0.5) is 0 Å². The van der Waals surface area contributed by atoms with Gasteiger partial charge in [0.25, 0.3) is 0 Å². The Labute approximate surface area is 119 Å². The molecule has 0 aromatic heterocycles. The molecule has 0 heterocycles. The first-order valence-corrected chi connectivity index (χ1v) is 6.79. The monoisotopic (exact) mass is 302 g/mol. The molecule has 0 aromatic rings. The second-order valence-electron chi connectivity index (χ2n) is 4.89. The maximum absolute atomic E-state index is 11.9. The Morgan fingerprint density at radius 2 is 1.59 bits per heavy atom. The van der Waals surface area contributed by atoms with Crippen molar-refractivity contribution < 1.29 is 4.79 Å². The van der Waals surface area contributed by atoms with E-state index in [-0.39, 0.29) is 5.91 Å². The van der Waals surface area contributed by atoms with Gasteiger partial charge in [0.1, 0.15) is 6.17 Å². The van der Waals surface area contributed by atoms with E-state index in [9.17, 15) is 4.79 Å². The highest BCUT2D eigenvalue weighted by molar-refractivity contribution is 6.68. The molecule has 1 atom stereocenters. The smallest absolute Gasteiger partial charge is 0.226 e. The number of hydrogen-bond donors (Lipinski definition) is 1. The van der Waals surface area contributed by atoms with Crippen LogP contribution in [0.2, 0.25) is 0 Å². The molecule has 0 unspecified atom stereocenters. The molecule has 0 rings (SSSR count). The van der Waals surface area contributed by atoms with Crippen LogP contribution in [0.25, 0.3) is 0 Å². The Hall–Kier alpha value is 0.300. The van der Waals surface area contributed by atoms with E-state index in [4.69, 9.17) is 34.8 Å². The van der Waals surface area contributed by atoms with E-state index in [1.54, 1.807) is 0 Å². The number of rotatable bonds is 4. The summed E-state index contributed by atoms with van der Waals surface area (Å²) >= 11 is 17.8. The second-order valence-corrected chi connectivity index (χ2v) is 7.26. The quantitative estimate of drug-likeness (QED) is 0.639. The first-order valence-electron chi connectivity index (χ1n) is 5.65. The Balaban J connectivity index is 4.91. The minimum Gasteiger partial charge on any atom is -0.336 e. The number of alkyl halides is 3. The number of halogens is 3. The Kier molecular flexibility index (Phi) is 6.58. The van der Waals surface area contributed by atoms with Gasteiger partial charge in [-0.3, -0.25) is 9.69 Å². The molecular formula is C11H21Cl3N2O. The van der Waals surface area contributed by atoms with Crippen LogP contribution in [0, 0.1) is 5.41 Å². The Bertz CT molecular complexity index is 254. The van der Waals surface area contributed by atoms with Crippen molar-refractivity contribution in [2.75, 3.05) is 13.1 Å². The van der Waals surface area contributed by atoms with Crippen LogP contribution in [0.3, 0.4) is 0 Å². The Morgan fingerprint density at radius 3 is 1.82 bits per heavy atom. The lowest BCUT2D eigenvalue weighted by Gasteiger charge is -2.36. The van der Waals surface area contributed by atoms with Crippen LogP contribution in [0.15, 0.2) is 0 Å². The third kappa shape index (κ3) is 5.64. The van der Waals surface area contributed by atoms with Gasteiger partial charge in [-0.05, 0) is 13.1 Å². The number of nitrogens with zero attached hydrogens (tertiary/aromatic N) is 1. The van der Waals surface area contributed by atoms with Gasteiger partial charge < -0.3 is 5.32 Å². The molecule has 0 radical (unpaired) electrons. The van der Waals surface area contributed by atoms with E-state index in [2.05, 4.69) is 5.32 Å². The van der Waals surface area contributed by atoms with Crippen LogP contribution in [-0.2, 0) is 4.79 Å². The molecule has 0 saturated heterocycles. The van der Waals surface area contributed by atoms with Crippen LogP contribution in [-0.4, -0.2) is 33.9 Å². The van der Waals surface area contributed by atoms with Gasteiger partial charge >= 0.3 is 0 Å². The average Bonchev–Trinajstić information content (AvgIpc) is 2.14. The van der Waals surface area contributed by atoms with Crippen molar-refractivity contribution in [3.05, 3.63) is 0 Å². The van der Waals surface area contributed by atoms with Crippen LogP contribution < -0.4 is 5.32 Å². The van der Waals surface area contributed by atoms with E-state index in [0.717, 1.165) is 0 Å². The zero-order chi connectivity index (χ0) is 13.9. The molecule has 0 fully saturated rings. The normalized spacial score (nSPS) is 14.9. The molecule has 1 amide bonds. The molecule has 0 aliphatic heterocycles. The van der Waals surface area contributed by atoms with Crippen LogP contribution in [0.5, 0.6) is 0 Å². The molecular weight excluding hydrogens is 282 g/mol. The second kappa shape index (κ2) is 6.46. The summed E-state index contributed by atoms with van der Waals surface area (Å²) in [6, 6.07) is 0. The van der Waals surface area contributed by atoms with Gasteiger partial charge in [-0.2, -0.15) is 0 Å². The maximum Gasteiger partial charge on any atom is 0.226 e. The van der Waals surface area contributed by atoms with E-state index in [0.29, 0.717) is 13.1 Å². The van der Waals surface area contributed by atoms with Crippen molar-refractivity contribution in [3.8, 4) is 0 Å². The van der Waals surface area contributed by atoms with E-state index < -0.39 is 15.4 Å². The molecule has 0 aromatic carbocycles. The number of amides is 1. The van der Waals surface area contributed by atoms with Gasteiger partial charge in [-0.15, -0.1) is 0 Å². The highest BCUT2D eigenvalue weighted by atomic mass is 35.6. The minimum atomic E-state index is -1.55. The number of hydrogen-bond acceptors (Lipinski definition) is 2. The molecule has 0 aliphatic rings. The fraction of sp³-hybridized carbons (Fsp3) is 0.909. The predicted molar refractivity (Wildman–Crippen MR) is 74.6 cm³/mol. The third-order valence-corrected chi connectivity index (χ3v) is 3.06. The number of carbonyl (C=O) groups excluding carboxylic acids is 1. The standard InChI is InChI=1S/C11H21Cl3N2O/c1-6-16(7-2)8(11(12,13)14)15-9(17)10(3,4)5/h8H,6-7H2,1-5H3,(H,15,17)/t8-/m0/s1. The van der Waals surface area contributed by atoms with Gasteiger partial charge in [0, 0.05) is 5.41 Å². The van der Waals surface area contributed by atoms with Crippen molar-refractivity contribution in [1.82, 2.24) is 10.2 Å². The zero-order valence-electron chi connectivity index (χ0n) is 11.0. The van der Waals surface area contributed by atoms with Crippen molar-refractivity contribution in [2.24, 2.45) is 5.41 Å². The van der Waals surface area contributed by atoms with Crippen LogP contribution in [0.1, 0.15) is 34.6 Å². The largest absolute Gasteiger partial charge is 0.336 e. The SMILES string of the molecule is CCN(CC)[C@H](NC(=O)C(C)(C)C)C(Cl)(Cl)Cl. The highest BCUT2D eigenvalue weighted by Gasteiger charge is 2.39. The minimum absolute atomic E-state index is 0.138. The summed E-state index contributed by atoms with van der Waals surface area (Å²) in [6.07, 6.45) is -0.616. The highest BCUT2D eigenvalue weighted by Crippen LogP contribution is 2.32. The lowest BCUT2D eigenvalue weighted by molar-refractivity contribution is -0.130. The topological polar surface area (TPSA) is 32.3 Å². The molecule has 0 saturated carbocycles. The summed E-state index contributed by atoms with van der Waals surface area (Å²) in [4.78, 5) is 13.8. The predicted octanol–water partition coefficient (Wildman–Crippen LogP) is 3.19. The fourth-order valence-electron chi connectivity index (χ4n) is 1.31. The molecule has 1 N–H and O–H groups in total. The summed E-state index contributed by atoms with van der Waals surface area (Å²) in [5, 5.41) is 2.79. The van der Waals surface area contributed by atoms with Gasteiger partial charge in [0.15, 0.2) is 0 Å². The summed E-state index contributed by atoms with van der Waals surface area (Å²) in [7, 11) is 0. The zero-order valence-corrected chi connectivity index (χ0v) is 13.2. The van der Waals surface area contributed by atoms with Gasteiger partial charge in [-0.1, -0.05) is 69.4 Å². The molecule has 0 spiro atoms. The first-order chi connectivity index (χ1) is 7.54. The molecule has 3 nitrogen and oxygen atoms in total. The summed E-state index contributed by atoms with van der Waals surface area (Å²) in [6.45, 7) is 10.8. The van der Waals surface area contributed by atoms with E-state index >= 15 is 0 Å². The van der Waals surface area contributed by atoms with Crippen molar-refractivity contribution in [3.63, 3.8) is 0 Å². The maximum atomic E-state index is 11.9. The van der Waals surface area contributed by atoms with Crippen LogP contribution >= 0.6 is 34.8 Å². The van der Waals surface area contributed by atoms with Gasteiger partial charge in [0.05, 0.1) is 0 Å². The molecule has 17 heavy (non-hydrogen) atoms. The fourth-order valence-corrected chi connectivity index (χ4v) is 1.89. The van der Waals surface area contributed by atoms with E-state index in [1.807, 2.05) is 39.5 Å². The van der Waals surface area contributed by atoms with Gasteiger partial charge in [-0.25, -0.2) is 0 Å². The Morgan fingerprint density at radius 1 is 1.18 bits per heavy atom. The third-order valence-electron chi connectivity index (χ3n) is 2.44. The lowest BCUT2D eigenvalue weighted by Crippen LogP contribution is -2.57. The van der Waals surface area contributed by atoms with Crippen molar-refractivity contribution in [2.45, 2.75) is 44.6 Å². The summed E-state index contributed by atoms with van der Waals surface area (Å²) in [5.74, 6) is -0.138.